The van der Waals surface area contributed by atoms with Gasteiger partial charge in [0.15, 0.2) is 10.8 Å². The standard InChI is InChI=1S/C18H11ClN4OS/c19-10-3-1-9(2-4-10)7-14(24)20-11-5-6-12-16-15(11)13-8-25-18(22-13)17(21-12)23-16/h1-6,8H,7H2,(H,20,24)(H,21,23). The number of hydrogen-bond donors (Lipinski definition) is 2. The molecule has 0 radical (unpaired) electrons. The van der Waals surface area contributed by atoms with Gasteiger partial charge in [-0.3, -0.25) is 4.79 Å². The average molecular weight is 367 g/mol. The van der Waals surface area contributed by atoms with Gasteiger partial charge in [0.2, 0.25) is 5.91 Å². The molecule has 25 heavy (non-hydrogen) atoms. The first-order chi connectivity index (χ1) is 12.2. The summed E-state index contributed by atoms with van der Waals surface area (Å²) in [5.41, 5.74) is 5.13. The lowest BCUT2D eigenvalue weighted by atomic mass is 10.1. The molecule has 2 aromatic heterocycles. The molecule has 4 bridgehead atoms. The second-order valence-corrected chi connectivity index (χ2v) is 7.15. The zero-order chi connectivity index (χ0) is 17.0. The number of carbonyl (C=O) groups excluding carboxylic acids is 1. The second kappa shape index (κ2) is 5.40. The van der Waals surface area contributed by atoms with Crippen LogP contribution in [0.4, 0.5) is 5.69 Å². The van der Waals surface area contributed by atoms with Gasteiger partial charge in [-0.25, -0.2) is 9.97 Å². The molecule has 0 saturated carbocycles. The molecule has 1 aliphatic rings. The van der Waals surface area contributed by atoms with Gasteiger partial charge in [-0.1, -0.05) is 23.7 Å². The van der Waals surface area contributed by atoms with Crippen molar-refractivity contribution in [2.45, 2.75) is 6.42 Å². The second-order valence-electron chi connectivity index (χ2n) is 5.86. The number of halogens is 1. The fourth-order valence-corrected chi connectivity index (χ4v) is 3.90. The molecule has 0 spiro atoms. The molecule has 4 aromatic rings. The molecule has 3 heterocycles. The number of aromatic amines is 1. The van der Waals surface area contributed by atoms with Crippen molar-refractivity contribution in [3.05, 3.63) is 52.4 Å². The number of aromatic nitrogens is 3. The van der Waals surface area contributed by atoms with Crippen LogP contribution in [0.3, 0.4) is 0 Å². The predicted octanol–water partition coefficient (Wildman–Crippen LogP) is 4.50. The van der Waals surface area contributed by atoms with E-state index in [4.69, 9.17) is 11.6 Å². The number of imidazole rings is 1. The number of thiazole rings is 1. The zero-order valence-electron chi connectivity index (χ0n) is 12.8. The van der Waals surface area contributed by atoms with Gasteiger partial charge < -0.3 is 10.3 Å². The summed E-state index contributed by atoms with van der Waals surface area (Å²) < 4.78 is 0. The normalized spacial score (nSPS) is 11.7. The Morgan fingerprint density at radius 3 is 2.84 bits per heavy atom. The third-order valence-corrected chi connectivity index (χ3v) is 5.27. The van der Waals surface area contributed by atoms with Crippen molar-refractivity contribution in [3.8, 4) is 22.1 Å². The lowest BCUT2D eigenvalue weighted by molar-refractivity contribution is -0.115. The van der Waals surface area contributed by atoms with E-state index in [0.717, 1.165) is 44.4 Å². The van der Waals surface area contributed by atoms with Gasteiger partial charge in [-0.05, 0) is 29.8 Å². The van der Waals surface area contributed by atoms with Gasteiger partial charge in [-0.2, -0.15) is 0 Å². The van der Waals surface area contributed by atoms with Crippen LogP contribution < -0.4 is 5.32 Å². The summed E-state index contributed by atoms with van der Waals surface area (Å²) in [6, 6.07) is 11.1. The largest absolute Gasteiger partial charge is 0.336 e. The quantitative estimate of drug-likeness (QED) is 0.493. The van der Waals surface area contributed by atoms with Gasteiger partial charge in [0.25, 0.3) is 0 Å². The SMILES string of the molecule is O=C(Cc1ccc(Cl)cc1)Nc1ccc2[nH]c3nc2c1-c1csc-3n1. The Morgan fingerprint density at radius 2 is 2.00 bits per heavy atom. The highest BCUT2D eigenvalue weighted by molar-refractivity contribution is 7.13. The van der Waals surface area contributed by atoms with E-state index in [1.54, 1.807) is 23.5 Å². The number of benzene rings is 2. The Hall–Kier alpha value is -2.70. The minimum absolute atomic E-state index is 0.0895. The van der Waals surface area contributed by atoms with Crippen molar-refractivity contribution >= 4 is 45.6 Å². The number of carbonyl (C=O) groups is 1. The summed E-state index contributed by atoms with van der Waals surface area (Å²) in [5.74, 6) is 0.683. The minimum atomic E-state index is -0.0895. The Balaban J connectivity index is 1.50. The molecule has 0 atom stereocenters. The molecule has 0 saturated heterocycles. The number of nitrogens with one attached hydrogen (secondary N) is 2. The van der Waals surface area contributed by atoms with Crippen LogP contribution in [0.2, 0.25) is 5.02 Å². The van der Waals surface area contributed by atoms with E-state index in [1.165, 1.54) is 0 Å². The average Bonchev–Trinajstić information content (AvgIpc) is 3.19. The summed E-state index contributed by atoms with van der Waals surface area (Å²) in [7, 11) is 0. The van der Waals surface area contributed by atoms with Gasteiger partial charge >= 0.3 is 0 Å². The summed E-state index contributed by atoms with van der Waals surface area (Å²) in [5, 5.41) is 6.51. The van der Waals surface area contributed by atoms with Gasteiger partial charge in [0, 0.05) is 10.4 Å². The van der Waals surface area contributed by atoms with E-state index in [1.807, 2.05) is 29.6 Å². The molecular weight excluding hydrogens is 356 g/mol. The number of H-pyrrole nitrogens is 1. The van der Waals surface area contributed by atoms with E-state index in [2.05, 4.69) is 20.3 Å². The van der Waals surface area contributed by atoms with Crippen LogP contribution in [-0.2, 0) is 11.2 Å². The first-order valence-electron chi connectivity index (χ1n) is 7.71. The highest BCUT2D eigenvalue weighted by Gasteiger charge is 2.23. The van der Waals surface area contributed by atoms with Crippen molar-refractivity contribution in [1.29, 1.82) is 0 Å². The molecule has 122 valence electrons. The van der Waals surface area contributed by atoms with Crippen molar-refractivity contribution in [2.24, 2.45) is 0 Å². The molecule has 0 aliphatic carbocycles. The zero-order valence-corrected chi connectivity index (χ0v) is 14.4. The number of hydrogen-bond acceptors (Lipinski definition) is 4. The summed E-state index contributed by atoms with van der Waals surface area (Å²) >= 11 is 7.43. The smallest absolute Gasteiger partial charge is 0.228 e. The Kier molecular flexibility index (Phi) is 3.16. The summed E-state index contributed by atoms with van der Waals surface area (Å²) in [4.78, 5) is 25.0. The maximum absolute atomic E-state index is 12.5. The van der Waals surface area contributed by atoms with E-state index in [-0.39, 0.29) is 12.3 Å². The van der Waals surface area contributed by atoms with Gasteiger partial charge in [0.1, 0.15) is 5.52 Å². The molecule has 1 amide bonds. The van der Waals surface area contributed by atoms with Crippen LogP contribution in [0.15, 0.2) is 41.8 Å². The fraction of sp³-hybridized carbons (Fsp3) is 0.0556. The maximum Gasteiger partial charge on any atom is 0.228 e. The maximum atomic E-state index is 12.5. The van der Waals surface area contributed by atoms with Crippen molar-refractivity contribution in [1.82, 2.24) is 15.0 Å². The monoisotopic (exact) mass is 366 g/mol. The minimum Gasteiger partial charge on any atom is -0.336 e. The number of amides is 1. The van der Waals surface area contributed by atoms with Crippen molar-refractivity contribution in [3.63, 3.8) is 0 Å². The number of nitrogens with zero attached hydrogens (tertiary/aromatic N) is 2. The lowest BCUT2D eigenvalue weighted by Crippen LogP contribution is -2.15. The Labute approximate surface area is 151 Å². The molecule has 1 aliphatic heterocycles. The van der Waals surface area contributed by atoms with Gasteiger partial charge in [0.05, 0.1) is 28.9 Å². The van der Waals surface area contributed by atoms with E-state index < -0.39 is 0 Å². The van der Waals surface area contributed by atoms with E-state index >= 15 is 0 Å². The first kappa shape index (κ1) is 14.6. The van der Waals surface area contributed by atoms with Crippen molar-refractivity contribution in [2.75, 3.05) is 5.32 Å². The molecule has 5 nitrogen and oxygen atoms in total. The predicted molar refractivity (Wildman–Crippen MR) is 100.0 cm³/mol. The molecule has 5 rings (SSSR count). The van der Waals surface area contributed by atoms with Crippen LogP contribution >= 0.6 is 22.9 Å². The molecular formula is C18H11ClN4OS. The third-order valence-electron chi connectivity index (χ3n) is 4.17. The molecule has 0 fully saturated rings. The highest BCUT2D eigenvalue weighted by Crippen LogP contribution is 2.40. The Morgan fingerprint density at radius 1 is 1.16 bits per heavy atom. The summed E-state index contributed by atoms with van der Waals surface area (Å²) in [6.45, 7) is 0. The van der Waals surface area contributed by atoms with Crippen LogP contribution in [-0.4, -0.2) is 20.9 Å². The van der Waals surface area contributed by atoms with Crippen LogP contribution in [0, 0.1) is 0 Å². The molecule has 2 N–H and O–H groups in total. The van der Waals surface area contributed by atoms with Crippen LogP contribution in [0.1, 0.15) is 5.56 Å². The van der Waals surface area contributed by atoms with Gasteiger partial charge in [-0.15, -0.1) is 11.3 Å². The van der Waals surface area contributed by atoms with E-state index in [9.17, 15) is 4.79 Å². The third kappa shape index (κ3) is 2.42. The highest BCUT2D eigenvalue weighted by atomic mass is 35.5. The Bertz CT molecular complexity index is 1130. The number of anilines is 1. The molecule has 0 unspecified atom stereocenters. The first-order valence-corrected chi connectivity index (χ1v) is 8.96. The lowest BCUT2D eigenvalue weighted by Gasteiger charge is -2.10. The number of rotatable bonds is 3. The van der Waals surface area contributed by atoms with Crippen LogP contribution in [0.5, 0.6) is 0 Å². The van der Waals surface area contributed by atoms with Crippen molar-refractivity contribution < 1.29 is 4.79 Å². The summed E-state index contributed by atoms with van der Waals surface area (Å²) in [6.07, 6.45) is 0.281. The topological polar surface area (TPSA) is 70.7 Å². The van der Waals surface area contributed by atoms with Crippen LogP contribution in [0.25, 0.3) is 33.1 Å². The molecule has 7 heteroatoms. The number of fused-ring (bicyclic) bond motifs is 5. The fourth-order valence-electron chi connectivity index (χ4n) is 3.02. The molecule has 2 aromatic carbocycles. The van der Waals surface area contributed by atoms with E-state index in [0.29, 0.717) is 5.02 Å².